The Morgan fingerprint density at radius 3 is 2.70 bits per heavy atom. The highest BCUT2D eigenvalue weighted by Gasteiger charge is 2.29. The van der Waals surface area contributed by atoms with Gasteiger partial charge < -0.3 is 37.1 Å². The fraction of sp³-hybridized carbons (Fsp3) is 0.407. The molecule has 1 saturated heterocycles. The van der Waals surface area contributed by atoms with E-state index < -0.39 is 5.60 Å². The van der Waals surface area contributed by atoms with Crippen LogP contribution in [-0.2, 0) is 4.74 Å². The minimum absolute atomic E-state index is 0.0675. The molecule has 10 nitrogen and oxygen atoms in total. The number of hydrogen-bond donors (Lipinski definition) is 5. The number of anilines is 1. The minimum atomic E-state index is -0.525. The number of nitrogens with zero attached hydrogens (tertiary/aromatic N) is 3. The smallest absolute Gasteiger partial charge is 0.410 e. The van der Waals surface area contributed by atoms with Gasteiger partial charge in [0.15, 0.2) is 0 Å². The van der Waals surface area contributed by atoms with Gasteiger partial charge in [-0.3, -0.25) is 4.98 Å². The van der Waals surface area contributed by atoms with Gasteiger partial charge in [-0.2, -0.15) is 0 Å². The number of carbonyl (C=O) groups is 1. The van der Waals surface area contributed by atoms with E-state index in [0.29, 0.717) is 35.8 Å². The fourth-order valence-corrected chi connectivity index (χ4v) is 3.81. The summed E-state index contributed by atoms with van der Waals surface area (Å²) in [5, 5.41) is 14.4. The Hall–Kier alpha value is -4.08. The van der Waals surface area contributed by atoms with Crippen molar-refractivity contribution in [2.24, 2.45) is 17.4 Å². The van der Waals surface area contributed by atoms with Crippen LogP contribution in [-0.4, -0.2) is 51.9 Å². The molecule has 0 spiro atoms. The van der Waals surface area contributed by atoms with E-state index in [1.807, 2.05) is 52.8 Å². The van der Waals surface area contributed by atoms with Crippen molar-refractivity contribution < 1.29 is 9.53 Å². The van der Waals surface area contributed by atoms with Crippen molar-refractivity contribution in [1.29, 1.82) is 5.41 Å². The van der Waals surface area contributed by atoms with E-state index in [2.05, 4.69) is 20.6 Å². The molecule has 1 unspecified atom stereocenters. The predicted molar refractivity (Wildman–Crippen MR) is 149 cm³/mol. The number of allylic oxidation sites excluding steroid dienone is 3. The topological polar surface area (TPSA) is 155 Å². The number of nitrogens with two attached hydrogens (primary N) is 2. The van der Waals surface area contributed by atoms with Crippen LogP contribution in [0.4, 0.5) is 10.6 Å². The number of ether oxygens (including phenoxy) is 1. The van der Waals surface area contributed by atoms with Gasteiger partial charge in [-0.05, 0) is 69.2 Å². The summed E-state index contributed by atoms with van der Waals surface area (Å²) in [6.07, 6.45) is 8.59. The Bertz CT molecular complexity index is 1230. The molecule has 1 atom stereocenters. The summed E-state index contributed by atoms with van der Waals surface area (Å²) in [6, 6.07) is 5.62. The number of nitrogens with one attached hydrogen (secondary N) is 3. The van der Waals surface area contributed by atoms with Crippen LogP contribution in [0.5, 0.6) is 0 Å². The van der Waals surface area contributed by atoms with Gasteiger partial charge in [-0.1, -0.05) is 13.8 Å². The zero-order valence-corrected chi connectivity index (χ0v) is 22.2. The highest BCUT2D eigenvalue weighted by Crippen LogP contribution is 2.20. The van der Waals surface area contributed by atoms with E-state index in [9.17, 15) is 4.79 Å². The molecule has 0 saturated carbocycles. The van der Waals surface area contributed by atoms with Gasteiger partial charge >= 0.3 is 6.09 Å². The first-order valence-electron chi connectivity index (χ1n) is 12.4. The Morgan fingerprint density at radius 2 is 2.05 bits per heavy atom. The van der Waals surface area contributed by atoms with Gasteiger partial charge in [0.1, 0.15) is 17.2 Å². The van der Waals surface area contributed by atoms with Crippen LogP contribution in [0.2, 0.25) is 0 Å². The number of pyridine rings is 2. The van der Waals surface area contributed by atoms with Gasteiger partial charge in [-0.15, -0.1) is 0 Å². The molecule has 3 rings (SSSR count). The molecule has 0 aromatic carbocycles. The first kappa shape index (κ1) is 27.5. The fourth-order valence-electron chi connectivity index (χ4n) is 3.81. The monoisotopic (exact) mass is 506 g/mol. The quantitative estimate of drug-likeness (QED) is 0.266. The minimum Gasteiger partial charge on any atom is -0.444 e. The Balaban J connectivity index is 1.72. The molecule has 3 heterocycles. The maximum Gasteiger partial charge on any atom is 0.410 e. The average Bonchev–Trinajstić information content (AvgIpc) is 3.31. The second-order valence-corrected chi connectivity index (χ2v) is 10.3. The molecular weight excluding hydrogens is 468 g/mol. The Kier molecular flexibility index (Phi) is 8.75. The maximum atomic E-state index is 12.3. The molecule has 10 heteroatoms. The normalized spacial score (nSPS) is 17.3. The number of hydrogen-bond acceptors (Lipinski definition) is 9. The SMILES string of the molecule is CC(C)C(=C/N)/C=C(\N)Nc1ccc2ncc(/C(C=N)=C/NC3CCN(C(=O)OC(C)(C)C)C3)cc2n1. The van der Waals surface area contributed by atoms with E-state index in [1.165, 1.54) is 6.21 Å². The van der Waals surface area contributed by atoms with Crippen LogP contribution >= 0.6 is 0 Å². The molecule has 1 aliphatic heterocycles. The average molecular weight is 507 g/mol. The highest BCUT2D eigenvalue weighted by molar-refractivity contribution is 6.08. The lowest BCUT2D eigenvalue weighted by atomic mass is 10.0. The Morgan fingerprint density at radius 1 is 1.30 bits per heavy atom. The molecule has 2 aromatic heterocycles. The van der Waals surface area contributed by atoms with Gasteiger partial charge in [0.05, 0.1) is 11.0 Å². The molecule has 198 valence electrons. The number of fused-ring (bicyclic) bond motifs is 1. The molecule has 1 amide bonds. The number of aromatic nitrogens is 2. The zero-order valence-electron chi connectivity index (χ0n) is 22.2. The molecule has 0 bridgehead atoms. The largest absolute Gasteiger partial charge is 0.444 e. The van der Waals surface area contributed by atoms with Crippen molar-refractivity contribution in [2.75, 3.05) is 18.4 Å². The van der Waals surface area contributed by atoms with E-state index in [0.717, 1.165) is 23.1 Å². The van der Waals surface area contributed by atoms with Crippen LogP contribution in [0.25, 0.3) is 16.6 Å². The lowest BCUT2D eigenvalue weighted by molar-refractivity contribution is 0.0291. The summed E-state index contributed by atoms with van der Waals surface area (Å²) in [4.78, 5) is 23.2. The third kappa shape index (κ3) is 7.70. The summed E-state index contributed by atoms with van der Waals surface area (Å²) < 4.78 is 5.46. The zero-order chi connectivity index (χ0) is 27.2. The van der Waals surface area contributed by atoms with Crippen LogP contribution in [0.15, 0.2) is 54.3 Å². The van der Waals surface area contributed by atoms with Crippen LogP contribution in [0, 0.1) is 11.3 Å². The van der Waals surface area contributed by atoms with Crippen molar-refractivity contribution in [3.8, 4) is 0 Å². The van der Waals surface area contributed by atoms with Crippen molar-refractivity contribution in [1.82, 2.24) is 20.2 Å². The van der Waals surface area contributed by atoms with E-state index in [1.54, 1.807) is 29.6 Å². The highest BCUT2D eigenvalue weighted by atomic mass is 16.6. The molecule has 2 aromatic rings. The van der Waals surface area contributed by atoms with Gasteiger partial charge in [-0.25, -0.2) is 9.78 Å². The van der Waals surface area contributed by atoms with Crippen LogP contribution in [0.3, 0.4) is 0 Å². The van der Waals surface area contributed by atoms with Crippen molar-refractivity contribution >= 4 is 34.7 Å². The molecule has 1 fully saturated rings. The molecule has 1 aliphatic rings. The number of amides is 1. The molecule has 0 radical (unpaired) electrons. The van der Waals surface area contributed by atoms with Gasteiger partial charge in [0.25, 0.3) is 0 Å². The van der Waals surface area contributed by atoms with Crippen molar-refractivity contribution in [3.05, 3.63) is 59.8 Å². The Labute approximate surface area is 218 Å². The van der Waals surface area contributed by atoms with Gasteiger partial charge in [0, 0.05) is 48.9 Å². The summed E-state index contributed by atoms with van der Waals surface area (Å²) in [5.41, 5.74) is 15.0. The van der Waals surface area contributed by atoms with Gasteiger partial charge in [0.2, 0.25) is 0 Å². The summed E-state index contributed by atoms with van der Waals surface area (Å²) in [7, 11) is 0. The second kappa shape index (κ2) is 11.8. The third-order valence-electron chi connectivity index (χ3n) is 5.79. The predicted octanol–water partition coefficient (Wildman–Crippen LogP) is 3.93. The summed E-state index contributed by atoms with van der Waals surface area (Å²) >= 11 is 0. The lowest BCUT2D eigenvalue weighted by Crippen LogP contribution is -2.37. The first-order chi connectivity index (χ1) is 17.5. The second-order valence-electron chi connectivity index (χ2n) is 10.3. The molecule has 37 heavy (non-hydrogen) atoms. The van der Waals surface area contributed by atoms with Crippen molar-refractivity contribution in [2.45, 2.75) is 52.7 Å². The molecule has 7 N–H and O–H groups in total. The first-order valence-corrected chi connectivity index (χ1v) is 12.4. The molecule has 0 aliphatic carbocycles. The van der Waals surface area contributed by atoms with Crippen molar-refractivity contribution in [3.63, 3.8) is 0 Å². The van der Waals surface area contributed by atoms with E-state index in [-0.39, 0.29) is 18.1 Å². The number of likely N-dealkylation sites (tertiary alicyclic amines) is 1. The lowest BCUT2D eigenvalue weighted by Gasteiger charge is -2.24. The van der Waals surface area contributed by atoms with E-state index >= 15 is 0 Å². The standard InChI is InChI=1S/C27H38N8O2/c1-17(2)18(12-28)11-24(30)34-25-7-6-22-23(33-25)10-19(14-32-22)20(13-29)15-31-21-8-9-35(16-21)26(36)37-27(3,4)5/h6-7,10-15,17,21,29,31H,8-9,16,28,30H2,1-5H3,(H,33,34)/b18-12+,20-15+,24-11+,29-13?. The number of carbonyl (C=O) groups excluding carboxylic acids is 1. The van der Waals surface area contributed by atoms with E-state index in [4.69, 9.17) is 21.6 Å². The van der Waals surface area contributed by atoms with Crippen LogP contribution in [0.1, 0.15) is 46.6 Å². The summed E-state index contributed by atoms with van der Waals surface area (Å²) in [6.45, 7) is 10.8. The number of rotatable bonds is 8. The molecular formula is C27H38N8O2. The third-order valence-corrected chi connectivity index (χ3v) is 5.79. The maximum absolute atomic E-state index is 12.3. The van der Waals surface area contributed by atoms with Crippen LogP contribution < -0.4 is 22.1 Å². The summed E-state index contributed by atoms with van der Waals surface area (Å²) in [5.74, 6) is 1.25.